The number of thioether (sulfide) groups is 1. The summed E-state index contributed by atoms with van der Waals surface area (Å²) in [6, 6.07) is 4.40. The number of nitrogens with one attached hydrogen (secondary N) is 1. The maximum Gasteiger partial charge on any atom is 0.240 e. The first kappa shape index (κ1) is 22.1. The summed E-state index contributed by atoms with van der Waals surface area (Å²) in [5, 5.41) is 0.544. The quantitative estimate of drug-likeness (QED) is 0.643. The van der Waals surface area contributed by atoms with E-state index in [0.717, 1.165) is 5.56 Å². The molecule has 25 heavy (non-hydrogen) atoms. The van der Waals surface area contributed by atoms with Crippen LogP contribution in [0.15, 0.2) is 18.2 Å². The Kier molecular flexibility index (Phi) is 9.06. The fourth-order valence-electron chi connectivity index (χ4n) is 2.24. The van der Waals surface area contributed by atoms with Crippen LogP contribution in [0.3, 0.4) is 0 Å². The van der Waals surface area contributed by atoms with Crippen LogP contribution in [0.2, 0.25) is 5.02 Å². The van der Waals surface area contributed by atoms with Gasteiger partial charge >= 0.3 is 0 Å². The molecule has 9 heteroatoms. The summed E-state index contributed by atoms with van der Waals surface area (Å²) in [6.07, 6.45) is 2.34. The molecule has 0 spiro atoms. The van der Waals surface area contributed by atoms with Crippen molar-refractivity contribution >= 4 is 39.3 Å². The lowest BCUT2D eigenvalue weighted by Gasteiger charge is -2.25. The number of carbonyl (C=O) groups is 1. The van der Waals surface area contributed by atoms with E-state index in [1.807, 2.05) is 6.26 Å². The lowest BCUT2D eigenvalue weighted by atomic mass is 10.1. The van der Waals surface area contributed by atoms with Crippen LogP contribution in [0.5, 0.6) is 5.75 Å². The molecule has 142 valence electrons. The lowest BCUT2D eigenvalue weighted by molar-refractivity contribution is -0.132. The molecule has 1 rings (SSSR count). The Morgan fingerprint density at radius 3 is 2.68 bits per heavy atom. The molecule has 0 aliphatic heterocycles. The van der Waals surface area contributed by atoms with Crippen molar-refractivity contribution in [3.63, 3.8) is 0 Å². The van der Waals surface area contributed by atoms with Crippen molar-refractivity contribution in [2.24, 2.45) is 0 Å². The van der Waals surface area contributed by atoms with Gasteiger partial charge in [-0.25, -0.2) is 13.1 Å². The number of likely N-dealkylation sites (N-methyl/N-ethyl adjacent to an activating group) is 1. The van der Waals surface area contributed by atoms with Crippen molar-refractivity contribution < 1.29 is 17.9 Å². The fraction of sp³-hybridized carbons (Fsp3) is 0.562. The summed E-state index contributed by atoms with van der Waals surface area (Å²) < 4.78 is 31.5. The zero-order valence-corrected chi connectivity index (χ0v) is 17.3. The second kappa shape index (κ2) is 10.3. The number of ether oxygens (including phenoxy) is 1. The number of amides is 1. The molecule has 1 N–H and O–H groups in total. The van der Waals surface area contributed by atoms with Gasteiger partial charge in [0, 0.05) is 24.2 Å². The minimum atomic E-state index is -3.47. The van der Waals surface area contributed by atoms with Crippen LogP contribution in [-0.2, 0) is 21.4 Å². The Hall–Kier alpha value is -0.960. The van der Waals surface area contributed by atoms with E-state index in [1.165, 1.54) is 4.90 Å². The highest BCUT2D eigenvalue weighted by Crippen LogP contribution is 2.24. The number of hydrogen-bond acceptors (Lipinski definition) is 5. The third-order valence-electron chi connectivity index (χ3n) is 3.64. The van der Waals surface area contributed by atoms with Gasteiger partial charge in [-0.05, 0) is 43.6 Å². The van der Waals surface area contributed by atoms with Crippen LogP contribution in [0, 0.1) is 0 Å². The van der Waals surface area contributed by atoms with E-state index in [9.17, 15) is 13.2 Å². The number of sulfonamides is 1. The molecule has 1 aromatic rings. The van der Waals surface area contributed by atoms with Crippen LogP contribution in [0.25, 0.3) is 0 Å². The van der Waals surface area contributed by atoms with E-state index in [1.54, 1.807) is 51.0 Å². The van der Waals surface area contributed by atoms with Gasteiger partial charge in [-0.15, -0.1) is 0 Å². The molecule has 6 nitrogen and oxygen atoms in total. The highest BCUT2D eigenvalue weighted by molar-refractivity contribution is 7.98. The van der Waals surface area contributed by atoms with E-state index in [2.05, 4.69) is 4.72 Å². The largest absolute Gasteiger partial charge is 0.496 e. The Labute approximate surface area is 159 Å². The maximum atomic E-state index is 12.7. The van der Waals surface area contributed by atoms with Gasteiger partial charge in [-0.3, -0.25) is 4.79 Å². The summed E-state index contributed by atoms with van der Waals surface area (Å²) in [7, 11) is -0.292. The van der Waals surface area contributed by atoms with Gasteiger partial charge in [0.15, 0.2) is 0 Å². The van der Waals surface area contributed by atoms with Crippen LogP contribution < -0.4 is 9.46 Å². The Bertz CT molecular complexity index is 683. The molecule has 0 fully saturated rings. The minimum Gasteiger partial charge on any atom is -0.496 e. The summed E-state index contributed by atoms with van der Waals surface area (Å²) in [6.45, 7) is 1.81. The minimum absolute atomic E-state index is 0.0676. The Morgan fingerprint density at radius 1 is 1.44 bits per heavy atom. The summed E-state index contributed by atoms with van der Waals surface area (Å²) in [5.74, 6) is 0.950. The van der Waals surface area contributed by atoms with Crippen molar-refractivity contribution in [2.45, 2.75) is 25.9 Å². The molecule has 0 radical (unpaired) electrons. The number of nitrogens with zero attached hydrogens (tertiary/aromatic N) is 1. The molecule has 0 heterocycles. The first-order valence-electron chi connectivity index (χ1n) is 7.80. The van der Waals surface area contributed by atoms with Crippen molar-refractivity contribution in [3.05, 3.63) is 28.8 Å². The number of halogens is 1. The summed E-state index contributed by atoms with van der Waals surface area (Å²) in [5.41, 5.74) is 0.757. The molecular weight excluding hydrogens is 384 g/mol. The van der Waals surface area contributed by atoms with Crippen LogP contribution in [0.4, 0.5) is 0 Å². The van der Waals surface area contributed by atoms with Crippen LogP contribution in [-0.4, -0.2) is 57.2 Å². The normalized spacial score (nSPS) is 12.7. The fourth-order valence-corrected chi connectivity index (χ4v) is 3.72. The van der Waals surface area contributed by atoms with Crippen LogP contribution >= 0.6 is 23.4 Å². The number of carbonyl (C=O) groups excluding carboxylic acids is 1. The maximum absolute atomic E-state index is 12.7. The zero-order valence-electron chi connectivity index (χ0n) is 14.9. The first-order chi connectivity index (χ1) is 11.7. The highest BCUT2D eigenvalue weighted by atomic mass is 35.5. The zero-order chi connectivity index (χ0) is 19.0. The number of benzene rings is 1. The summed E-state index contributed by atoms with van der Waals surface area (Å²) >= 11 is 7.58. The lowest BCUT2D eigenvalue weighted by Crippen LogP contribution is -2.47. The molecule has 1 aromatic carbocycles. The van der Waals surface area contributed by atoms with Gasteiger partial charge in [0.05, 0.1) is 12.9 Å². The molecule has 0 saturated heterocycles. The average molecular weight is 409 g/mol. The molecule has 0 aromatic heterocycles. The monoisotopic (exact) mass is 408 g/mol. The van der Waals surface area contributed by atoms with Gasteiger partial charge in [0.1, 0.15) is 11.8 Å². The Balaban J connectivity index is 2.94. The third-order valence-corrected chi connectivity index (χ3v) is 5.92. The van der Waals surface area contributed by atoms with E-state index < -0.39 is 16.1 Å². The molecule has 0 saturated carbocycles. The van der Waals surface area contributed by atoms with E-state index in [-0.39, 0.29) is 18.2 Å². The molecule has 0 aliphatic carbocycles. The predicted molar refractivity (Wildman–Crippen MR) is 104 cm³/mol. The van der Waals surface area contributed by atoms with Crippen molar-refractivity contribution in [2.75, 3.05) is 31.9 Å². The van der Waals surface area contributed by atoms with Crippen molar-refractivity contribution in [3.8, 4) is 5.75 Å². The van der Waals surface area contributed by atoms with E-state index in [4.69, 9.17) is 16.3 Å². The van der Waals surface area contributed by atoms with Gasteiger partial charge in [0.2, 0.25) is 15.9 Å². The third kappa shape index (κ3) is 7.05. The predicted octanol–water partition coefficient (Wildman–Crippen LogP) is 2.37. The molecule has 1 amide bonds. The highest BCUT2D eigenvalue weighted by Gasteiger charge is 2.26. The van der Waals surface area contributed by atoms with Crippen molar-refractivity contribution in [1.82, 2.24) is 9.62 Å². The van der Waals surface area contributed by atoms with Gasteiger partial charge in [-0.1, -0.05) is 11.6 Å². The standard InChI is InChI=1S/C16H25ClN2O4S2/c1-5-25(21,22)18-14(8-9-24-4)16(20)19(2)11-12-10-13(17)6-7-15(12)23-3/h6-7,10,14,18H,5,8-9,11H2,1-4H3. The average Bonchev–Trinajstić information content (AvgIpc) is 2.58. The molecule has 1 atom stereocenters. The smallest absolute Gasteiger partial charge is 0.240 e. The summed E-state index contributed by atoms with van der Waals surface area (Å²) in [4.78, 5) is 14.2. The molecule has 0 bridgehead atoms. The van der Waals surface area contributed by atoms with Gasteiger partial charge in [-0.2, -0.15) is 11.8 Å². The number of hydrogen-bond donors (Lipinski definition) is 1. The molecule has 0 aliphatic rings. The SMILES string of the molecule is CCS(=O)(=O)NC(CCSC)C(=O)N(C)Cc1cc(Cl)ccc1OC. The van der Waals surface area contributed by atoms with Crippen LogP contribution in [0.1, 0.15) is 18.9 Å². The van der Waals surface area contributed by atoms with E-state index in [0.29, 0.717) is 22.9 Å². The second-order valence-electron chi connectivity index (χ2n) is 5.51. The number of methoxy groups -OCH3 is 1. The van der Waals surface area contributed by atoms with Gasteiger partial charge < -0.3 is 9.64 Å². The van der Waals surface area contributed by atoms with Gasteiger partial charge in [0.25, 0.3) is 0 Å². The molecule has 1 unspecified atom stereocenters. The topological polar surface area (TPSA) is 75.7 Å². The second-order valence-corrected chi connectivity index (χ2v) is 8.97. The van der Waals surface area contributed by atoms with Crippen molar-refractivity contribution in [1.29, 1.82) is 0 Å². The first-order valence-corrected chi connectivity index (χ1v) is 11.2. The molecular formula is C16H25ClN2O4S2. The van der Waals surface area contributed by atoms with E-state index >= 15 is 0 Å². The number of rotatable bonds is 10. The Morgan fingerprint density at radius 2 is 2.12 bits per heavy atom.